The van der Waals surface area contributed by atoms with Crippen molar-refractivity contribution in [1.82, 2.24) is 10.2 Å². The highest BCUT2D eigenvalue weighted by molar-refractivity contribution is 5.89. The van der Waals surface area contributed by atoms with Crippen LogP contribution in [0, 0.1) is 0 Å². The number of anilines is 1. The van der Waals surface area contributed by atoms with Crippen molar-refractivity contribution in [2.75, 3.05) is 40.2 Å². The van der Waals surface area contributed by atoms with E-state index in [-0.39, 0.29) is 12.1 Å². The first kappa shape index (κ1) is 18.6. The lowest BCUT2D eigenvalue weighted by atomic mass is 10.1. The third-order valence-electron chi connectivity index (χ3n) is 3.90. The van der Waals surface area contributed by atoms with E-state index in [2.05, 4.69) is 10.6 Å². The number of hydrogen-bond acceptors (Lipinski definition) is 4. The van der Waals surface area contributed by atoms with Crippen LogP contribution in [0.25, 0.3) is 0 Å². The molecule has 1 unspecified atom stereocenters. The fourth-order valence-corrected chi connectivity index (χ4v) is 2.54. The van der Waals surface area contributed by atoms with Crippen LogP contribution < -0.4 is 20.1 Å². The fraction of sp³-hybridized carbons (Fsp3) is 0.316. The van der Waals surface area contributed by atoms with E-state index in [4.69, 9.17) is 9.47 Å². The lowest BCUT2D eigenvalue weighted by Gasteiger charge is -2.26. The Hall–Kier alpha value is -2.73. The van der Waals surface area contributed by atoms with Gasteiger partial charge in [-0.15, -0.1) is 0 Å². The van der Waals surface area contributed by atoms with Gasteiger partial charge in [-0.25, -0.2) is 4.79 Å². The van der Waals surface area contributed by atoms with Crippen molar-refractivity contribution >= 4 is 11.7 Å². The van der Waals surface area contributed by atoms with Crippen LogP contribution in [0.15, 0.2) is 48.5 Å². The molecule has 0 aliphatic rings. The molecular formula is C19H25N3O3. The van der Waals surface area contributed by atoms with E-state index >= 15 is 0 Å². The molecule has 0 radical (unpaired) electrons. The summed E-state index contributed by atoms with van der Waals surface area (Å²) in [6.45, 7) is 0.459. The van der Waals surface area contributed by atoms with Crippen LogP contribution in [0.3, 0.4) is 0 Å². The maximum atomic E-state index is 12.1. The van der Waals surface area contributed by atoms with Crippen LogP contribution in [0.4, 0.5) is 10.5 Å². The number of benzene rings is 2. The number of amides is 2. The second-order valence-electron chi connectivity index (χ2n) is 5.79. The highest BCUT2D eigenvalue weighted by Gasteiger charge is 2.17. The van der Waals surface area contributed by atoms with Gasteiger partial charge < -0.3 is 25.0 Å². The lowest BCUT2D eigenvalue weighted by Crippen LogP contribution is -2.36. The molecule has 6 heteroatoms. The summed E-state index contributed by atoms with van der Waals surface area (Å²) >= 11 is 0. The van der Waals surface area contributed by atoms with Crippen molar-refractivity contribution in [3.8, 4) is 11.5 Å². The van der Waals surface area contributed by atoms with E-state index in [9.17, 15) is 4.79 Å². The summed E-state index contributed by atoms with van der Waals surface area (Å²) in [4.78, 5) is 14.2. The summed E-state index contributed by atoms with van der Waals surface area (Å²) in [7, 11) is 7.16. The van der Waals surface area contributed by atoms with E-state index in [1.54, 1.807) is 14.2 Å². The number of para-hydroxylation sites is 1. The van der Waals surface area contributed by atoms with Gasteiger partial charge in [-0.1, -0.05) is 24.3 Å². The van der Waals surface area contributed by atoms with Gasteiger partial charge in [-0.3, -0.25) is 0 Å². The Morgan fingerprint density at radius 2 is 1.72 bits per heavy atom. The number of carbonyl (C=O) groups excluding carboxylic acids is 1. The summed E-state index contributed by atoms with van der Waals surface area (Å²) in [5.41, 5.74) is 1.79. The number of urea groups is 1. The Bertz CT molecular complexity index is 690. The van der Waals surface area contributed by atoms with Gasteiger partial charge in [0.25, 0.3) is 0 Å². The second kappa shape index (κ2) is 8.94. The van der Waals surface area contributed by atoms with Crippen molar-refractivity contribution in [1.29, 1.82) is 0 Å². The minimum absolute atomic E-state index is 0.00123. The topological polar surface area (TPSA) is 62.8 Å². The highest BCUT2D eigenvalue weighted by atomic mass is 16.5. The number of rotatable bonds is 7. The van der Waals surface area contributed by atoms with Gasteiger partial charge in [0.15, 0.2) is 11.5 Å². The summed E-state index contributed by atoms with van der Waals surface area (Å²) in [6.07, 6.45) is 0. The number of nitrogens with zero attached hydrogens (tertiary/aromatic N) is 1. The Morgan fingerprint density at radius 1 is 1.04 bits per heavy atom. The molecule has 0 bridgehead atoms. The number of carbonyl (C=O) groups is 1. The number of ether oxygens (including phenoxy) is 2. The molecule has 6 nitrogen and oxygen atoms in total. The monoisotopic (exact) mass is 343 g/mol. The van der Waals surface area contributed by atoms with Gasteiger partial charge in [-0.05, 0) is 43.9 Å². The number of hydrogen-bond donors (Lipinski definition) is 2. The van der Waals surface area contributed by atoms with E-state index in [0.717, 1.165) is 11.3 Å². The van der Waals surface area contributed by atoms with Gasteiger partial charge in [-0.2, -0.15) is 0 Å². The van der Waals surface area contributed by atoms with Gasteiger partial charge >= 0.3 is 6.03 Å². The molecule has 1 atom stereocenters. The molecule has 0 aromatic heterocycles. The van der Waals surface area contributed by atoms with Crippen LogP contribution >= 0.6 is 0 Å². The molecule has 2 aromatic rings. The molecule has 0 heterocycles. The molecule has 0 aliphatic heterocycles. The second-order valence-corrected chi connectivity index (χ2v) is 5.79. The zero-order chi connectivity index (χ0) is 18.2. The Kier molecular flexibility index (Phi) is 6.65. The van der Waals surface area contributed by atoms with Crippen LogP contribution in [-0.2, 0) is 0 Å². The first-order valence-electron chi connectivity index (χ1n) is 8.03. The van der Waals surface area contributed by atoms with Gasteiger partial charge in [0, 0.05) is 12.2 Å². The molecule has 2 aromatic carbocycles. The van der Waals surface area contributed by atoms with Gasteiger partial charge in [0.05, 0.1) is 20.3 Å². The molecule has 134 valence electrons. The predicted molar refractivity (Wildman–Crippen MR) is 99.4 cm³/mol. The molecule has 25 heavy (non-hydrogen) atoms. The molecule has 2 N–H and O–H groups in total. The Morgan fingerprint density at radius 3 is 2.32 bits per heavy atom. The molecule has 2 rings (SSSR count). The number of nitrogens with one attached hydrogen (secondary N) is 2. The predicted octanol–water partition coefficient (Wildman–Crippen LogP) is 3.13. The van der Waals surface area contributed by atoms with Gasteiger partial charge in [0.1, 0.15) is 0 Å². The van der Waals surface area contributed by atoms with Crippen LogP contribution in [0.1, 0.15) is 11.6 Å². The van der Waals surface area contributed by atoms with E-state index in [1.807, 2.05) is 67.5 Å². The first-order chi connectivity index (χ1) is 12.0. The van der Waals surface area contributed by atoms with Crippen LogP contribution in [-0.4, -0.2) is 45.8 Å². The molecule has 0 fully saturated rings. The zero-order valence-electron chi connectivity index (χ0n) is 15.1. The maximum absolute atomic E-state index is 12.1. The lowest BCUT2D eigenvalue weighted by molar-refractivity contribution is 0.243. The van der Waals surface area contributed by atoms with Crippen molar-refractivity contribution in [2.24, 2.45) is 0 Å². The summed E-state index contributed by atoms with van der Waals surface area (Å²) in [5, 5.41) is 5.73. The average Bonchev–Trinajstić information content (AvgIpc) is 2.62. The standard InChI is InChI=1S/C19H25N3O3/c1-22(2)16(14-10-11-17(24-3)18(12-14)25-4)13-20-19(23)21-15-8-6-5-7-9-15/h5-12,16H,13H2,1-4H3,(H2,20,21,23). The first-order valence-corrected chi connectivity index (χ1v) is 8.03. The fourth-order valence-electron chi connectivity index (χ4n) is 2.54. The van der Waals surface area contributed by atoms with Crippen molar-refractivity contribution in [3.05, 3.63) is 54.1 Å². The zero-order valence-corrected chi connectivity index (χ0v) is 15.1. The quantitative estimate of drug-likeness (QED) is 0.811. The molecule has 0 spiro atoms. The molecular weight excluding hydrogens is 318 g/mol. The normalized spacial score (nSPS) is 11.7. The summed E-state index contributed by atoms with van der Waals surface area (Å²) in [5.74, 6) is 1.35. The van der Waals surface area contributed by atoms with Crippen LogP contribution in [0.5, 0.6) is 11.5 Å². The smallest absolute Gasteiger partial charge is 0.319 e. The number of methoxy groups -OCH3 is 2. The van der Waals surface area contributed by atoms with Crippen LogP contribution in [0.2, 0.25) is 0 Å². The highest BCUT2D eigenvalue weighted by Crippen LogP contribution is 2.31. The summed E-state index contributed by atoms with van der Waals surface area (Å²) < 4.78 is 10.6. The van der Waals surface area contributed by atoms with Gasteiger partial charge in [0.2, 0.25) is 0 Å². The third-order valence-corrected chi connectivity index (χ3v) is 3.90. The SMILES string of the molecule is COc1ccc(C(CNC(=O)Nc2ccccc2)N(C)C)cc1OC. The molecule has 0 aliphatic carbocycles. The van der Waals surface area contributed by atoms with E-state index in [1.165, 1.54) is 0 Å². The number of likely N-dealkylation sites (N-methyl/N-ethyl adjacent to an activating group) is 1. The molecule has 2 amide bonds. The van der Waals surface area contributed by atoms with E-state index in [0.29, 0.717) is 18.0 Å². The van der Waals surface area contributed by atoms with Crippen molar-refractivity contribution in [3.63, 3.8) is 0 Å². The maximum Gasteiger partial charge on any atom is 0.319 e. The molecule has 0 saturated heterocycles. The Balaban J connectivity index is 2.04. The third kappa shape index (κ3) is 5.12. The largest absolute Gasteiger partial charge is 0.493 e. The minimum atomic E-state index is -0.237. The molecule has 0 saturated carbocycles. The summed E-state index contributed by atoms with van der Waals surface area (Å²) in [6, 6.07) is 14.9. The van der Waals surface area contributed by atoms with E-state index < -0.39 is 0 Å². The van der Waals surface area contributed by atoms with Crippen molar-refractivity contribution in [2.45, 2.75) is 6.04 Å². The minimum Gasteiger partial charge on any atom is -0.493 e. The Labute approximate surface area is 148 Å². The van der Waals surface area contributed by atoms with Crippen molar-refractivity contribution < 1.29 is 14.3 Å². The average molecular weight is 343 g/mol.